The molecule has 2 aliphatic carbocycles. The van der Waals surface area contributed by atoms with E-state index in [4.69, 9.17) is 0 Å². The quantitative estimate of drug-likeness (QED) is 0.569. The van der Waals surface area contributed by atoms with E-state index >= 15 is 0 Å². The van der Waals surface area contributed by atoms with Gasteiger partial charge < -0.3 is 10.6 Å². The monoisotopic (exact) mass is 463 g/mol. The van der Waals surface area contributed by atoms with Crippen molar-refractivity contribution in [2.24, 2.45) is 11.8 Å². The van der Waals surface area contributed by atoms with Crippen LogP contribution in [0.2, 0.25) is 0 Å². The first-order valence-electron chi connectivity index (χ1n) is 12.0. The van der Waals surface area contributed by atoms with Gasteiger partial charge in [0.2, 0.25) is 21.8 Å². The van der Waals surface area contributed by atoms with Crippen LogP contribution in [0.3, 0.4) is 0 Å². The van der Waals surface area contributed by atoms with Crippen LogP contribution in [0.4, 0.5) is 5.69 Å². The van der Waals surface area contributed by atoms with E-state index in [2.05, 4.69) is 15.4 Å². The molecule has 3 rings (SSSR count). The number of carbonyl (C=O) groups is 2. The zero-order chi connectivity index (χ0) is 23.0. The van der Waals surface area contributed by atoms with Gasteiger partial charge in [-0.2, -0.15) is 0 Å². The smallest absolute Gasteiger partial charge is 0.240 e. The Labute approximate surface area is 192 Å². The van der Waals surface area contributed by atoms with Gasteiger partial charge in [-0.25, -0.2) is 13.1 Å². The van der Waals surface area contributed by atoms with Crippen LogP contribution in [0.5, 0.6) is 0 Å². The van der Waals surface area contributed by atoms with Crippen molar-refractivity contribution in [2.75, 3.05) is 11.9 Å². The van der Waals surface area contributed by atoms with Gasteiger partial charge in [0.25, 0.3) is 0 Å². The Kier molecular flexibility index (Phi) is 9.11. The summed E-state index contributed by atoms with van der Waals surface area (Å²) >= 11 is 0. The molecular formula is C24H37N3O4S. The minimum Gasteiger partial charge on any atom is -0.353 e. The molecule has 32 heavy (non-hydrogen) atoms. The van der Waals surface area contributed by atoms with Gasteiger partial charge in [0.05, 0.1) is 4.90 Å². The van der Waals surface area contributed by atoms with E-state index in [-0.39, 0.29) is 28.5 Å². The second-order valence-electron chi connectivity index (χ2n) is 9.33. The zero-order valence-electron chi connectivity index (χ0n) is 19.1. The number of anilines is 1. The molecule has 0 atom stereocenters. The summed E-state index contributed by atoms with van der Waals surface area (Å²) in [5.74, 6) is 0.282. The molecule has 1 aromatic carbocycles. The molecule has 2 amide bonds. The van der Waals surface area contributed by atoms with Crippen molar-refractivity contribution >= 4 is 27.5 Å². The molecule has 2 saturated carbocycles. The summed E-state index contributed by atoms with van der Waals surface area (Å²) in [6.07, 6.45) is 11.8. The van der Waals surface area contributed by atoms with Crippen LogP contribution in [0.15, 0.2) is 29.2 Å². The van der Waals surface area contributed by atoms with Crippen molar-refractivity contribution in [3.8, 4) is 0 Å². The number of hydrogen-bond donors (Lipinski definition) is 3. The van der Waals surface area contributed by atoms with Crippen LogP contribution >= 0.6 is 0 Å². The highest BCUT2D eigenvalue weighted by molar-refractivity contribution is 7.89. The summed E-state index contributed by atoms with van der Waals surface area (Å²) in [6, 6.07) is 6.46. The lowest BCUT2D eigenvalue weighted by atomic mass is 9.81. The highest BCUT2D eigenvalue weighted by Crippen LogP contribution is 2.29. The van der Waals surface area contributed by atoms with Gasteiger partial charge in [0, 0.05) is 31.1 Å². The lowest BCUT2D eigenvalue weighted by molar-refractivity contribution is -0.127. The number of carbonyl (C=O) groups excluding carboxylic acids is 2. The molecule has 8 heteroatoms. The second-order valence-corrected chi connectivity index (χ2v) is 11.1. The molecule has 0 bridgehead atoms. The topological polar surface area (TPSA) is 104 Å². The van der Waals surface area contributed by atoms with Crippen molar-refractivity contribution < 1.29 is 18.0 Å². The molecule has 0 saturated heterocycles. The summed E-state index contributed by atoms with van der Waals surface area (Å²) in [7, 11) is -3.60. The molecule has 0 radical (unpaired) electrons. The lowest BCUT2D eigenvalue weighted by Crippen LogP contribution is -2.41. The Morgan fingerprint density at radius 2 is 1.47 bits per heavy atom. The third-order valence-electron chi connectivity index (χ3n) is 6.72. The minimum atomic E-state index is -3.60. The summed E-state index contributed by atoms with van der Waals surface area (Å²) in [4.78, 5) is 24.0. The summed E-state index contributed by atoms with van der Waals surface area (Å²) in [5.41, 5.74) is 0.562. The normalized spacial score (nSPS) is 23.0. The molecule has 0 aliphatic heterocycles. The molecule has 7 nitrogen and oxygen atoms in total. The van der Waals surface area contributed by atoms with Gasteiger partial charge >= 0.3 is 0 Å². The summed E-state index contributed by atoms with van der Waals surface area (Å²) in [5, 5.41) is 5.91. The van der Waals surface area contributed by atoms with E-state index in [9.17, 15) is 18.0 Å². The van der Waals surface area contributed by atoms with E-state index in [1.807, 2.05) is 0 Å². The number of nitrogens with one attached hydrogen (secondary N) is 3. The molecule has 0 unspecified atom stereocenters. The van der Waals surface area contributed by atoms with Crippen molar-refractivity contribution in [3.05, 3.63) is 24.3 Å². The fourth-order valence-electron chi connectivity index (χ4n) is 4.78. The molecule has 2 aliphatic rings. The maximum Gasteiger partial charge on any atom is 0.240 e. The van der Waals surface area contributed by atoms with E-state index in [1.54, 1.807) is 12.1 Å². The Morgan fingerprint density at radius 3 is 2.06 bits per heavy atom. The van der Waals surface area contributed by atoms with Crippen molar-refractivity contribution in [2.45, 2.75) is 88.5 Å². The van der Waals surface area contributed by atoms with E-state index in [1.165, 1.54) is 51.2 Å². The number of sulfonamides is 1. The first-order chi connectivity index (χ1) is 15.3. The largest absolute Gasteiger partial charge is 0.353 e. The average Bonchev–Trinajstić information content (AvgIpc) is 2.74. The number of hydrogen-bond acceptors (Lipinski definition) is 4. The second kappa shape index (κ2) is 11.8. The first kappa shape index (κ1) is 24.7. The molecule has 0 spiro atoms. The third kappa shape index (κ3) is 7.59. The summed E-state index contributed by atoms with van der Waals surface area (Å²) < 4.78 is 27.9. The standard InChI is InChI=1S/C24H37N3O4S/c1-18(28)26-22-13-15-23(16-14-22)32(30,31)25-17-19-9-11-20(12-10-19)24(29)27-21-7-5-3-2-4-6-8-21/h13-16,19-21,25H,2-12,17H2,1H3,(H,26,28)(H,27,29). The minimum absolute atomic E-state index is 0.0506. The Hall–Kier alpha value is -1.93. The fourth-order valence-corrected chi connectivity index (χ4v) is 5.90. The maximum atomic E-state index is 12.7. The van der Waals surface area contributed by atoms with Crippen LogP contribution in [0, 0.1) is 11.8 Å². The zero-order valence-corrected chi connectivity index (χ0v) is 19.9. The van der Waals surface area contributed by atoms with Gasteiger partial charge in [-0.1, -0.05) is 32.1 Å². The van der Waals surface area contributed by atoms with Crippen LogP contribution in [-0.4, -0.2) is 32.8 Å². The van der Waals surface area contributed by atoms with E-state index in [0.29, 0.717) is 18.3 Å². The summed E-state index contributed by atoms with van der Waals surface area (Å²) in [6.45, 7) is 1.79. The molecule has 3 N–H and O–H groups in total. The van der Waals surface area contributed by atoms with Gasteiger partial charge in [0.1, 0.15) is 0 Å². The van der Waals surface area contributed by atoms with Gasteiger partial charge in [-0.15, -0.1) is 0 Å². The number of rotatable bonds is 7. The average molecular weight is 464 g/mol. The molecule has 0 aromatic heterocycles. The molecule has 0 heterocycles. The molecule has 1 aromatic rings. The highest BCUT2D eigenvalue weighted by Gasteiger charge is 2.28. The fraction of sp³-hybridized carbons (Fsp3) is 0.667. The van der Waals surface area contributed by atoms with E-state index in [0.717, 1.165) is 38.5 Å². The number of benzene rings is 1. The first-order valence-corrected chi connectivity index (χ1v) is 13.5. The predicted octanol–water partition coefficient (Wildman–Crippen LogP) is 3.96. The Morgan fingerprint density at radius 1 is 0.875 bits per heavy atom. The Bertz CT molecular complexity index is 854. The predicted molar refractivity (Wildman–Crippen MR) is 126 cm³/mol. The van der Waals surface area contributed by atoms with Gasteiger partial charge in [-0.05, 0) is 68.7 Å². The van der Waals surface area contributed by atoms with Crippen molar-refractivity contribution in [1.29, 1.82) is 0 Å². The van der Waals surface area contributed by atoms with Crippen LogP contribution in [-0.2, 0) is 19.6 Å². The van der Waals surface area contributed by atoms with Gasteiger partial charge in [0.15, 0.2) is 0 Å². The third-order valence-corrected chi connectivity index (χ3v) is 8.16. The van der Waals surface area contributed by atoms with E-state index < -0.39 is 10.0 Å². The van der Waals surface area contributed by atoms with Crippen molar-refractivity contribution in [1.82, 2.24) is 10.0 Å². The highest BCUT2D eigenvalue weighted by atomic mass is 32.2. The van der Waals surface area contributed by atoms with Crippen molar-refractivity contribution in [3.63, 3.8) is 0 Å². The maximum absolute atomic E-state index is 12.7. The molecule has 2 fully saturated rings. The lowest BCUT2D eigenvalue weighted by Gasteiger charge is -2.30. The number of amides is 2. The Balaban J connectivity index is 1.42. The van der Waals surface area contributed by atoms with Crippen LogP contribution in [0.25, 0.3) is 0 Å². The van der Waals surface area contributed by atoms with Gasteiger partial charge in [-0.3, -0.25) is 9.59 Å². The molecule has 178 valence electrons. The van der Waals surface area contributed by atoms with Crippen LogP contribution < -0.4 is 15.4 Å². The SMILES string of the molecule is CC(=O)Nc1ccc(S(=O)(=O)NCC2CCC(C(=O)NC3CCCCCCC3)CC2)cc1. The molecular weight excluding hydrogens is 426 g/mol. The van der Waals surface area contributed by atoms with Crippen LogP contribution in [0.1, 0.15) is 77.6 Å².